The SMILES string of the molecule is C=CCCCCCCCCCCCCCCCC.COC.OC(F)C(F)F. The van der Waals surface area contributed by atoms with Crippen molar-refractivity contribution < 1.29 is 23.0 Å². The standard InChI is InChI=1S/C18H36.C2H3F3O.C2H6O/c1-3-5-7-9-11-13-15-17-18-16-14-12-10-8-6-4-2;3-1(4)2(5)6;1-3-2/h3H,1,4-18H2,2H3;1-2,6H;1-2H3. The van der Waals surface area contributed by atoms with Crippen molar-refractivity contribution in [3.63, 3.8) is 0 Å². The maximum atomic E-state index is 10.6. The van der Waals surface area contributed by atoms with Crippen LogP contribution in [0.4, 0.5) is 13.2 Å². The highest BCUT2D eigenvalue weighted by Crippen LogP contribution is 2.13. The molecule has 0 aliphatic heterocycles. The number of unbranched alkanes of at least 4 members (excludes halogenated alkanes) is 14. The number of aliphatic hydroxyl groups is 1. The molecule has 0 aliphatic rings. The number of rotatable bonds is 16. The number of hydrogen-bond acceptors (Lipinski definition) is 2. The first-order valence-corrected chi connectivity index (χ1v) is 10.6. The van der Waals surface area contributed by atoms with E-state index in [1.807, 2.05) is 6.08 Å². The van der Waals surface area contributed by atoms with Crippen molar-refractivity contribution >= 4 is 0 Å². The smallest absolute Gasteiger partial charge is 0.293 e. The first-order valence-electron chi connectivity index (χ1n) is 10.6. The summed E-state index contributed by atoms with van der Waals surface area (Å²) in [6.45, 7) is 6.05. The van der Waals surface area contributed by atoms with Gasteiger partial charge in [-0.05, 0) is 12.8 Å². The lowest BCUT2D eigenvalue weighted by Gasteiger charge is -2.02. The van der Waals surface area contributed by atoms with Gasteiger partial charge in [0.2, 0.25) is 0 Å². The second-order valence-corrected chi connectivity index (χ2v) is 6.79. The molecule has 27 heavy (non-hydrogen) atoms. The molecular weight excluding hydrogens is 353 g/mol. The number of hydrogen-bond donors (Lipinski definition) is 1. The highest BCUT2D eigenvalue weighted by molar-refractivity contribution is 4.65. The summed E-state index contributed by atoms with van der Waals surface area (Å²) >= 11 is 0. The fraction of sp³-hybridized carbons (Fsp3) is 0.909. The van der Waals surface area contributed by atoms with Gasteiger partial charge in [0.15, 0.2) is 0 Å². The van der Waals surface area contributed by atoms with Crippen LogP contribution in [0, 0.1) is 0 Å². The molecular formula is C22H45F3O2. The van der Waals surface area contributed by atoms with Crippen molar-refractivity contribution in [3.8, 4) is 0 Å². The van der Waals surface area contributed by atoms with Gasteiger partial charge in [0.25, 0.3) is 12.8 Å². The quantitative estimate of drug-likeness (QED) is 0.212. The summed E-state index contributed by atoms with van der Waals surface area (Å²) in [7, 11) is 3.25. The second-order valence-electron chi connectivity index (χ2n) is 6.79. The van der Waals surface area contributed by atoms with Crippen molar-refractivity contribution in [2.45, 2.75) is 116 Å². The van der Waals surface area contributed by atoms with Gasteiger partial charge >= 0.3 is 0 Å². The van der Waals surface area contributed by atoms with E-state index in [0.717, 1.165) is 0 Å². The third-order valence-corrected chi connectivity index (χ3v) is 3.97. The van der Waals surface area contributed by atoms with Crippen molar-refractivity contribution in [3.05, 3.63) is 12.7 Å². The zero-order valence-corrected chi connectivity index (χ0v) is 18.0. The van der Waals surface area contributed by atoms with Crippen LogP contribution in [-0.4, -0.2) is 32.1 Å². The Morgan fingerprint density at radius 2 is 1.00 bits per heavy atom. The van der Waals surface area contributed by atoms with Gasteiger partial charge in [-0.15, -0.1) is 6.58 Å². The van der Waals surface area contributed by atoms with Crippen LogP contribution in [0.2, 0.25) is 0 Å². The van der Waals surface area contributed by atoms with Crippen LogP contribution in [0.5, 0.6) is 0 Å². The maximum absolute atomic E-state index is 10.6. The minimum absolute atomic E-state index is 1.21. The van der Waals surface area contributed by atoms with Crippen LogP contribution in [0.15, 0.2) is 12.7 Å². The molecule has 166 valence electrons. The summed E-state index contributed by atoms with van der Waals surface area (Å²) in [5.74, 6) is 0. The van der Waals surface area contributed by atoms with Crippen molar-refractivity contribution in [1.82, 2.24) is 0 Å². The van der Waals surface area contributed by atoms with E-state index in [1.165, 1.54) is 96.3 Å². The Balaban J connectivity index is -0.000000530. The van der Waals surface area contributed by atoms with Gasteiger partial charge in [-0.2, -0.15) is 0 Å². The van der Waals surface area contributed by atoms with E-state index in [4.69, 9.17) is 5.11 Å². The second kappa shape index (κ2) is 30.2. The fourth-order valence-corrected chi connectivity index (χ4v) is 2.48. The third-order valence-electron chi connectivity index (χ3n) is 3.97. The van der Waals surface area contributed by atoms with E-state index in [1.54, 1.807) is 14.2 Å². The Morgan fingerprint density at radius 3 is 1.22 bits per heavy atom. The predicted octanol–water partition coefficient (Wildman–Crippen LogP) is 7.85. The lowest BCUT2D eigenvalue weighted by molar-refractivity contribution is -0.0843. The summed E-state index contributed by atoms with van der Waals surface area (Å²) in [6.07, 6.45) is 17.2. The number of methoxy groups -OCH3 is 1. The Labute approximate surface area is 166 Å². The molecule has 0 heterocycles. The monoisotopic (exact) mass is 398 g/mol. The molecule has 0 spiro atoms. The molecule has 0 saturated carbocycles. The lowest BCUT2D eigenvalue weighted by atomic mass is 10.0. The summed E-state index contributed by atoms with van der Waals surface area (Å²) < 4.78 is 35.9. The van der Waals surface area contributed by atoms with Gasteiger partial charge in [-0.3, -0.25) is 0 Å². The molecule has 0 aromatic heterocycles. The normalized spacial score (nSPS) is 11.3. The topological polar surface area (TPSA) is 29.5 Å². The Hall–Kier alpha value is -0.550. The zero-order valence-electron chi connectivity index (χ0n) is 18.0. The minimum Gasteiger partial charge on any atom is -0.388 e. The van der Waals surface area contributed by atoms with Gasteiger partial charge < -0.3 is 9.84 Å². The molecule has 0 bridgehead atoms. The van der Waals surface area contributed by atoms with Crippen LogP contribution in [0.25, 0.3) is 0 Å². The number of alkyl halides is 3. The number of halogens is 3. The minimum atomic E-state index is -3.26. The Kier molecular flexibility index (Phi) is 34.8. The zero-order chi connectivity index (χ0) is 21.2. The third kappa shape index (κ3) is 41.1. The number of ether oxygens (including phenoxy) is 1. The average Bonchev–Trinajstić information content (AvgIpc) is 2.63. The van der Waals surface area contributed by atoms with E-state index in [-0.39, 0.29) is 0 Å². The van der Waals surface area contributed by atoms with Gasteiger partial charge in [-0.25, -0.2) is 13.2 Å². The van der Waals surface area contributed by atoms with Crippen molar-refractivity contribution in [2.75, 3.05) is 14.2 Å². The molecule has 0 aliphatic carbocycles. The molecule has 5 heteroatoms. The highest BCUT2D eigenvalue weighted by Gasteiger charge is 2.12. The maximum Gasteiger partial charge on any atom is 0.293 e. The van der Waals surface area contributed by atoms with Gasteiger partial charge in [0, 0.05) is 14.2 Å². The lowest BCUT2D eigenvalue weighted by Crippen LogP contribution is -2.08. The average molecular weight is 399 g/mol. The summed E-state index contributed by atoms with van der Waals surface area (Å²) in [6, 6.07) is 0. The molecule has 0 aromatic carbocycles. The number of aliphatic hydroxyl groups excluding tert-OH is 1. The molecule has 0 aromatic rings. The van der Waals surface area contributed by atoms with E-state index in [2.05, 4.69) is 18.2 Å². The summed E-state index contributed by atoms with van der Waals surface area (Å²) in [5.41, 5.74) is 0. The van der Waals surface area contributed by atoms with Crippen LogP contribution >= 0.6 is 0 Å². The first kappa shape index (κ1) is 31.2. The van der Waals surface area contributed by atoms with E-state index in [0.29, 0.717) is 0 Å². The Bertz CT molecular complexity index is 244. The van der Waals surface area contributed by atoms with Crippen molar-refractivity contribution in [1.29, 1.82) is 0 Å². The van der Waals surface area contributed by atoms with Crippen LogP contribution in [-0.2, 0) is 4.74 Å². The van der Waals surface area contributed by atoms with E-state index >= 15 is 0 Å². The predicted molar refractivity (Wildman–Crippen MR) is 111 cm³/mol. The number of allylic oxidation sites excluding steroid dienone is 1. The highest BCUT2D eigenvalue weighted by atomic mass is 19.3. The molecule has 1 atom stereocenters. The molecule has 2 nitrogen and oxygen atoms in total. The fourth-order valence-electron chi connectivity index (χ4n) is 2.48. The van der Waals surface area contributed by atoms with Gasteiger partial charge in [0.1, 0.15) is 0 Å². The first-order chi connectivity index (χ1) is 13.0. The molecule has 0 radical (unpaired) electrons. The van der Waals surface area contributed by atoms with Gasteiger partial charge in [-0.1, -0.05) is 96.5 Å². The largest absolute Gasteiger partial charge is 0.388 e. The molecule has 1 N–H and O–H groups in total. The summed E-state index contributed by atoms with van der Waals surface area (Å²) in [5, 5.41) is 7.21. The van der Waals surface area contributed by atoms with Crippen LogP contribution in [0.1, 0.15) is 103 Å². The molecule has 0 saturated heterocycles. The Morgan fingerprint density at radius 1 is 0.741 bits per heavy atom. The molecule has 0 rings (SSSR count). The van der Waals surface area contributed by atoms with Crippen molar-refractivity contribution in [2.24, 2.45) is 0 Å². The molecule has 0 amide bonds. The van der Waals surface area contributed by atoms with Crippen LogP contribution in [0.3, 0.4) is 0 Å². The summed E-state index contributed by atoms with van der Waals surface area (Å²) in [4.78, 5) is 0. The van der Waals surface area contributed by atoms with E-state index < -0.39 is 12.8 Å². The van der Waals surface area contributed by atoms with E-state index in [9.17, 15) is 13.2 Å². The molecule has 1 unspecified atom stereocenters. The molecule has 0 fully saturated rings. The van der Waals surface area contributed by atoms with Crippen LogP contribution < -0.4 is 0 Å². The van der Waals surface area contributed by atoms with Gasteiger partial charge in [0.05, 0.1) is 0 Å².